The van der Waals surface area contributed by atoms with Crippen molar-refractivity contribution in [2.24, 2.45) is 11.7 Å². The summed E-state index contributed by atoms with van der Waals surface area (Å²) in [4.78, 5) is 12.2. The Morgan fingerprint density at radius 1 is 1.25 bits per heavy atom. The summed E-state index contributed by atoms with van der Waals surface area (Å²) in [7, 11) is 0. The molecule has 0 aliphatic heterocycles. The zero-order valence-electron chi connectivity index (χ0n) is 12.7. The van der Waals surface area contributed by atoms with Crippen LogP contribution in [0.15, 0.2) is 24.3 Å². The first kappa shape index (κ1) is 16.7. The van der Waals surface area contributed by atoms with Gasteiger partial charge in [-0.2, -0.15) is 0 Å². The maximum Gasteiger partial charge on any atom is 0.163 e. The van der Waals surface area contributed by atoms with Gasteiger partial charge in [-0.1, -0.05) is 31.9 Å². The highest BCUT2D eigenvalue weighted by Gasteiger charge is 2.12. The second-order valence-corrected chi connectivity index (χ2v) is 5.15. The van der Waals surface area contributed by atoms with Crippen LogP contribution in [0.5, 0.6) is 5.75 Å². The van der Waals surface area contributed by atoms with Crippen molar-refractivity contribution in [3.05, 3.63) is 29.8 Å². The third kappa shape index (κ3) is 5.74. The number of hydrogen-bond donors (Lipinski definition) is 1. The number of benzene rings is 1. The SMILES string of the molecule is CCCC(CCN)CCC(=O)c1cccc(OCC)c1. The molecule has 0 saturated heterocycles. The minimum Gasteiger partial charge on any atom is -0.494 e. The van der Waals surface area contributed by atoms with Crippen LogP contribution >= 0.6 is 0 Å². The first-order valence-corrected chi connectivity index (χ1v) is 7.67. The van der Waals surface area contributed by atoms with E-state index in [0.717, 1.165) is 37.0 Å². The van der Waals surface area contributed by atoms with Crippen molar-refractivity contribution in [1.29, 1.82) is 0 Å². The van der Waals surface area contributed by atoms with Gasteiger partial charge in [0.2, 0.25) is 0 Å². The first-order chi connectivity index (χ1) is 9.71. The smallest absolute Gasteiger partial charge is 0.163 e. The average Bonchev–Trinajstić information content (AvgIpc) is 2.45. The molecule has 1 rings (SSSR count). The van der Waals surface area contributed by atoms with Gasteiger partial charge >= 0.3 is 0 Å². The molecule has 2 N–H and O–H groups in total. The van der Waals surface area contributed by atoms with Gasteiger partial charge in [0.15, 0.2) is 5.78 Å². The van der Waals surface area contributed by atoms with E-state index in [2.05, 4.69) is 6.92 Å². The van der Waals surface area contributed by atoms with Gasteiger partial charge in [-0.15, -0.1) is 0 Å². The molecular formula is C17H27NO2. The number of nitrogens with two attached hydrogens (primary N) is 1. The molecule has 0 saturated carbocycles. The highest BCUT2D eigenvalue weighted by Crippen LogP contribution is 2.20. The largest absolute Gasteiger partial charge is 0.494 e. The minimum absolute atomic E-state index is 0.199. The van der Waals surface area contributed by atoms with E-state index in [4.69, 9.17) is 10.5 Å². The lowest BCUT2D eigenvalue weighted by molar-refractivity contribution is 0.0971. The molecule has 112 valence electrons. The summed E-state index contributed by atoms with van der Waals surface area (Å²) in [5.41, 5.74) is 6.38. The van der Waals surface area contributed by atoms with Crippen molar-refractivity contribution in [1.82, 2.24) is 0 Å². The lowest BCUT2D eigenvalue weighted by Gasteiger charge is -2.14. The van der Waals surface area contributed by atoms with Gasteiger partial charge in [0.1, 0.15) is 5.75 Å². The number of ketones is 1. The van der Waals surface area contributed by atoms with E-state index in [1.165, 1.54) is 0 Å². The van der Waals surface area contributed by atoms with Crippen LogP contribution < -0.4 is 10.5 Å². The van der Waals surface area contributed by atoms with Crippen LogP contribution in [0.1, 0.15) is 56.3 Å². The summed E-state index contributed by atoms with van der Waals surface area (Å²) in [6.45, 7) is 5.44. The number of ether oxygens (including phenoxy) is 1. The zero-order chi connectivity index (χ0) is 14.8. The second-order valence-electron chi connectivity index (χ2n) is 5.15. The van der Waals surface area contributed by atoms with E-state index < -0.39 is 0 Å². The minimum atomic E-state index is 0.199. The topological polar surface area (TPSA) is 52.3 Å². The van der Waals surface area contributed by atoms with Gasteiger partial charge in [-0.25, -0.2) is 0 Å². The Labute approximate surface area is 122 Å². The van der Waals surface area contributed by atoms with Crippen molar-refractivity contribution in [3.63, 3.8) is 0 Å². The summed E-state index contributed by atoms with van der Waals surface area (Å²) in [5, 5.41) is 0. The molecular weight excluding hydrogens is 250 g/mol. The first-order valence-electron chi connectivity index (χ1n) is 7.67. The molecule has 1 aromatic carbocycles. The van der Waals surface area contributed by atoms with Gasteiger partial charge in [0.25, 0.3) is 0 Å². The molecule has 20 heavy (non-hydrogen) atoms. The monoisotopic (exact) mass is 277 g/mol. The van der Waals surface area contributed by atoms with Crippen molar-refractivity contribution < 1.29 is 9.53 Å². The summed E-state index contributed by atoms with van der Waals surface area (Å²) in [5.74, 6) is 1.54. The molecule has 0 heterocycles. The number of carbonyl (C=O) groups is 1. The van der Waals surface area contributed by atoms with Crippen LogP contribution in [0.2, 0.25) is 0 Å². The molecule has 3 nitrogen and oxygen atoms in total. The molecule has 0 fully saturated rings. The van der Waals surface area contributed by atoms with E-state index >= 15 is 0 Å². The standard InChI is InChI=1S/C17H27NO2/c1-3-6-14(11-12-18)9-10-17(19)15-7-5-8-16(13-15)20-4-2/h5,7-8,13-14H,3-4,6,9-12,18H2,1-2H3. The fourth-order valence-corrected chi connectivity index (χ4v) is 2.48. The van der Waals surface area contributed by atoms with Crippen molar-refractivity contribution >= 4 is 5.78 Å². The van der Waals surface area contributed by atoms with Gasteiger partial charge in [-0.3, -0.25) is 4.79 Å². The van der Waals surface area contributed by atoms with Crippen LogP contribution in [0.3, 0.4) is 0 Å². The van der Waals surface area contributed by atoms with E-state index in [1.807, 2.05) is 31.2 Å². The van der Waals surface area contributed by atoms with Gasteiger partial charge in [0, 0.05) is 12.0 Å². The van der Waals surface area contributed by atoms with Crippen LogP contribution in [0.4, 0.5) is 0 Å². The molecule has 0 radical (unpaired) electrons. The Hall–Kier alpha value is -1.35. The van der Waals surface area contributed by atoms with Crippen LogP contribution in [-0.2, 0) is 0 Å². The van der Waals surface area contributed by atoms with E-state index in [-0.39, 0.29) is 5.78 Å². The molecule has 1 aromatic rings. The van der Waals surface area contributed by atoms with Crippen molar-refractivity contribution in [2.45, 2.75) is 46.0 Å². The molecule has 0 aliphatic rings. The van der Waals surface area contributed by atoms with Gasteiger partial charge in [0.05, 0.1) is 6.61 Å². The Kier molecular flexibility index (Phi) is 7.97. The summed E-state index contributed by atoms with van der Waals surface area (Å²) in [6.07, 6.45) is 4.85. The Morgan fingerprint density at radius 3 is 2.70 bits per heavy atom. The number of carbonyl (C=O) groups excluding carboxylic acids is 1. The Bertz CT molecular complexity index is 398. The summed E-state index contributed by atoms with van der Waals surface area (Å²) < 4.78 is 5.43. The average molecular weight is 277 g/mol. The van der Waals surface area contributed by atoms with Crippen LogP contribution in [-0.4, -0.2) is 18.9 Å². The lowest BCUT2D eigenvalue weighted by atomic mass is 9.92. The number of Topliss-reactive ketones (excluding diaryl/α,β-unsaturated/α-hetero) is 1. The fourth-order valence-electron chi connectivity index (χ4n) is 2.48. The second kappa shape index (κ2) is 9.54. The van der Waals surface area contributed by atoms with Crippen LogP contribution in [0.25, 0.3) is 0 Å². The zero-order valence-corrected chi connectivity index (χ0v) is 12.7. The van der Waals surface area contributed by atoms with E-state index in [1.54, 1.807) is 0 Å². The number of hydrogen-bond acceptors (Lipinski definition) is 3. The summed E-state index contributed by atoms with van der Waals surface area (Å²) in [6, 6.07) is 7.46. The molecule has 0 spiro atoms. The third-order valence-corrected chi connectivity index (χ3v) is 3.52. The van der Waals surface area contributed by atoms with Gasteiger partial charge < -0.3 is 10.5 Å². The lowest BCUT2D eigenvalue weighted by Crippen LogP contribution is -2.11. The Morgan fingerprint density at radius 2 is 2.05 bits per heavy atom. The molecule has 3 heteroatoms. The maximum atomic E-state index is 12.2. The fraction of sp³-hybridized carbons (Fsp3) is 0.588. The van der Waals surface area contributed by atoms with E-state index in [9.17, 15) is 4.79 Å². The van der Waals surface area contributed by atoms with Crippen molar-refractivity contribution in [2.75, 3.05) is 13.2 Å². The molecule has 0 aromatic heterocycles. The highest BCUT2D eigenvalue weighted by atomic mass is 16.5. The molecule has 1 atom stereocenters. The number of rotatable bonds is 10. The molecule has 0 amide bonds. The quantitative estimate of drug-likeness (QED) is 0.662. The predicted octanol–water partition coefficient (Wildman–Crippen LogP) is 3.81. The Balaban J connectivity index is 2.54. The predicted molar refractivity (Wildman–Crippen MR) is 83.2 cm³/mol. The third-order valence-electron chi connectivity index (χ3n) is 3.52. The molecule has 0 aliphatic carbocycles. The summed E-state index contributed by atoms with van der Waals surface area (Å²) >= 11 is 0. The van der Waals surface area contributed by atoms with E-state index in [0.29, 0.717) is 25.5 Å². The normalized spacial score (nSPS) is 12.2. The van der Waals surface area contributed by atoms with Crippen molar-refractivity contribution in [3.8, 4) is 5.75 Å². The van der Waals surface area contributed by atoms with Crippen LogP contribution in [0, 0.1) is 5.92 Å². The van der Waals surface area contributed by atoms with Gasteiger partial charge in [-0.05, 0) is 44.4 Å². The molecule has 1 unspecified atom stereocenters. The highest BCUT2D eigenvalue weighted by molar-refractivity contribution is 5.96. The molecule has 0 bridgehead atoms. The maximum absolute atomic E-state index is 12.2.